The van der Waals surface area contributed by atoms with E-state index in [4.69, 9.17) is 6.42 Å². The average Bonchev–Trinajstić information content (AvgIpc) is 3.44. The average molecular weight is 329 g/mol. The minimum absolute atomic E-state index is 0.00624. The Morgan fingerprint density at radius 3 is 2.75 bits per heavy atom. The number of carbonyl (C=O) groups excluding carboxylic acids is 1. The predicted molar refractivity (Wildman–Crippen MR) is 91.9 cm³/mol. The zero-order valence-corrected chi connectivity index (χ0v) is 13.9. The lowest BCUT2D eigenvalue weighted by Crippen LogP contribution is -2.55. The minimum atomic E-state index is -0.229. The van der Waals surface area contributed by atoms with Crippen LogP contribution in [0.4, 0.5) is 5.82 Å². The molecule has 128 valence electrons. The van der Waals surface area contributed by atoms with Gasteiger partial charge in [0.1, 0.15) is 0 Å². The lowest BCUT2D eigenvalue weighted by atomic mass is 10.2. The van der Waals surface area contributed by atoms with Crippen molar-refractivity contribution in [2.75, 3.05) is 37.6 Å². The van der Waals surface area contributed by atoms with Gasteiger partial charge in [0.25, 0.3) is 5.56 Å². The summed E-state index contributed by atoms with van der Waals surface area (Å²) in [6.07, 6.45) is 10.8. The molecule has 1 saturated carbocycles. The van der Waals surface area contributed by atoms with Crippen molar-refractivity contribution >= 4 is 11.7 Å². The number of nitrogens with zero attached hydrogens (tertiary/aromatic N) is 4. The summed E-state index contributed by atoms with van der Waals surface area (Å²) in [5.41, 5.74) is -0.00624. The molecule has 1 saturated heterocycles. The summed E-state index contributed by atoms with van der Waals surface area (Å²) in [5, 5.41) is 2.71. The lowest BCUT2D eigenvalue weighted by Gasteiger charge is -2.37. The first kappa shape index (κ1) is 16.5. The summed E-state index contributed by atoms with van der Waals surface area (Å²) in [4.78, 5) is 33.0. The summed E-state index contributed by atoms with van der Waals surface area (Å²) in [6, 6.07) is 0.118. The number of piperazine rings is 1. The molecule has 0 aromatic carbocycles. The smallest absolute Gasteiger partial charge is 0.293 e. The Bertz CT molecular complexity index is 696. The molecule has 1 atom stereocenters. The summed E-state index contributed by atoms with van der Waals surface area (Å²) in [6.45, 7) is 4.92. The molecular formula is C17H23N5O2. The van der Waals surface area contributed by atoms with Crippen LogP contribution >= 0.6 is 0 Å². The van der Waals surface area contributed by atoms with Gasteiger partial charge in [0.2, 0.25) is 5.91 Å². The minimum Gasteiger partial charge on any atom is -0.349 e. The van der Waals surface area contributed by atoms with Gasteiger partial charge < -0.3 is 14.8 Å². The van der Waals surface area contributed by atoms with Crippen LogP contribution in [0.15, 0.2) is 17.2 Å². The Balaban J connectivity index is 1.61. The first-order valence-electron chi connectivity index (χ1n) is 8.39. The SMILES string of the molecule is C#CCNC(=O)[C@H](C)N1CCN(c2nccn(C3CC3)c2=O)CC1. The monoisotopic (exact) mass is 329 g/mol. The van der Waals surface area contributed by atoms with Gasteiger partial charge in [0, 0.05) is 44.6 Å². The third kappa shape index (κ3) is 3.44. The number of nitrogens with one attached hydrogen (secondary N) is 1. The molecule has 0 radical (unpaired) electrons. The van der Waals surface area contributed by atoms with Crippen LogP contribution in [-0.4, -0.2) is 59.1 Å². The van der Waals surface area contributed by atoms with Crippen molar-refractivity contribution in [2.24, 2.45) is 0 Å². The van der Waals surface area contributed by atoms with E-state index in [0.29, 0.717) is 38.0 Å². The normalized spacial score (nSPS) is 19.6. The molecule has 7 nitrogen and oxygen atoms in total. The van der Waals surface area contributed by atoms with Gasteiger partial charge in [0.05, 0.1) is 12.6 Å². The van der Waals surface area contributed by atoms with Gasteiger partial charge in [-0.3, -0.25) is 14.5 Å². The van der Waals surface area contributed by atoms with Gasteiger partial charge in [-0.2, -0.15) is 0 Å². The Kier molecular flexibility index (Phi) is 4.86. The van der Waals surface area contributed by atoms with E-state index in [1.54, 1.807) is 17.0 Å². The Morgan fingerprint density at radius 1 is 1.42 bits per heavy atom. The molecule has 1 aromatic heterocycles. The molecule has 1 aliphatic heterocycles. The van der Waals surface area contributed by atoms with Gasteiger partial charge in [0.15, 0.2) is 5.82 Å². The maximum absolute atomic E-state index is 12.6. The Morgan fingerprint density at radius 2 is 2.12 bits per heavy atom. The molecule has 7 heteroatoms. The summed E-state index contributed by atoms with van der Waals surface area (Å²) in [5.74, 6) is 2.87. The van der Waals surface area contributed by atoms with E-state index in [9.17, 15) is 9.59 Å². The number of rotatable bonds is 5. The predicted octanol–water partition coefficient (Wildman–Crippen LogP) is -0.162. The quantitative estimate of drug-likeness (QED) is 0.760. The van der Waals surface area contributed by atoms with E-state index < -0.39 is 0 Å². The fraction of sp³-hybridized carbons (Fsp3) is 0.588. The number of hydrogen-bond donors (Lipinski definition) is 1. The van der Waals surface area contributed by atoms with Crippen LogP contribution in [0.3, 0.4) is 0 Å². The molecule has 1 amide bonds. The van der Waals surface area contributed by atoms with Crippen LogP contribution in [0.5, 0.6) is 0 Å². The molecule has 0 unspecified atom stereocenters. The third-order valence-corrected chi connectivity index (χ3v) is 4.70. The number of aromatic nitrogens is 2. The highest BCUT2D eigenvalue weighted by Crippen LogP contribution is 2.33. The second-order valence-electron chi connectivity index (χ2n) is 6.32. The molecule has 2 heterocycles. The molecule has 1 aromatic rings. The molecule has 0 spiro atoms. The molecule has 0 bridgehead atoms. The van der Waals surface area contributed by atoms with Gasteiger partial charge >= 0.3 is 0 Å². The summed E-state index contributed by atoms with van der Waals surface area (Å²) < 4.78 is 1.80. The van der Waals surface area contributed by atoms with Crippen molar-refractivity contribution in [3.05, 3.63) is 22.7 Å². The maximum atomic E-state index is 12.6. The highest BCUT2D eigenvalue weighted by molar-refractivity contribution is 5.81. The maximum Gasteiger partial charge on any atom is 0.293 e. The first-order valence-corrected chi connectivity index (χ1v) is 8.39. The van der Waals surface area contributed by atoms with Crippen LogP contribution in [-0.2, 0) is 4.79 Å². The topological polar surface area (TPSA) is 70.5 Å². The fourth-order valence-corrected chi connectivity index (χ4v) is 3.04. The standard InChI is InChI=1S/C17H23N5O2/c1-3-6-19-16(23)13(2)20-9-11-21(12-10-20)15-17(24)22(8-7-18-15)14-4-5-14/h1,7-8,13-14H,4-6,9-12H2,2H3,(H,19,23)/t13-/m0/s1. The molecule has 2 aliphatic rings. The van der Waals surface area contributed by atoms with Crippen LogP contribution in [0.25, 0.3) is 0 Å². The van der Waals surface area contributed by atoms with Gasteiger partial charge in [-0.25, -0.2) is 4.98 Å². The largest absolute Gasteiger partial charge is 0.349 e. The van der Waals surface area contributed by atoms with Crippen LogP contribution in [0.1, 0.15) is 25.8 Å². The Labute approximate surface area is 141 Å². The zero-order chi connectivity index (χ0) is 17.1. The van der Waals surface area contributed by atoms with Crippen molar-refractivity contribution in [3.8, 4) is 12.3 Å². The van der Waals surface area contributed by atoms with E-state index in [2.05, 4.69) is 21.1 Å². The second-order valence-corrected chi connectivity index (χ2v) is 6.32. The van der Waals surface area contributed by atoms with E-state index in [1.165, 1.54) is 0 Å². The summed E-state index contributed by atoms with van der Waals surface area (Å²) in [7, 11) is 0. The van der Waals surface area contributed by atoms with E-state index in [1.807, 2.05) is 11.8 Å². The third-order valence-electron chi connectivity index (χ3n) is 4.70. The van der Waals surface area contributed by atoms with Crippen molar-refractivity contribution in [3.63, 3.8) is 0 Å². The van der Waals surface area contributed by atoms with Gasteiger partial charge in [-0.05, 0) is 19.8 Å². The fourth-order valence-electron chi connectivity index (χ4n) is 3.04. The number of amides is 1. The van der Waals surface area contributed by atoms with Crippen molar-refractivity contribution in [1.29, 1.82) is 0 Å². The van der Waals surface area contributed by atoms with E-state index >= 15 is 0 Å². The molecule has 3 rings (SSSR count). The first-order chi connectivity index (χ1) is 11.6. The van der Waals surface area contributed by atoms with Crippen LogP contribution in [0.2, 0.25) is 0 Å². The van der Waals surface area contributed by atoms with Crippen molar-refractivity contribution in [1.82, 2.24) is 19.8 Å². The molecule has 2 fully saturated rings. The zero-order valence-electron chi connectivity index (χ0n) is 13.9. The molecule has 24 heavy (non-hydrogen) atoms. The van der Waals surface area contributed by atoms with Crippen LogP contribution < -0.4 is 15.8 Å². The van der Waals surface area contributed by atoms with Crippen molar-refractivity contribution in [2.45, 2.75) is 31.8 Å². The van der Waals surface area contributed by atoms with Crippen molar-refractivity contribution < 1.29 is 4.79 Å². The molecule has 1 N–H and O–H groups in total. The number of hydrogen-bond acceptors (Lipinski definition) is 5. The highest BCUT2D eigenvalue weighted by atomic mass is 16.2. The van der Waals surface area contributed by atoms with E-state index in [0.717, 1.165) is 12.8 Å². The molecule has 1 aliphatic carbocycles. The number of carbonyl (C=O) groups is 1. The van der Waals surface area contributed by atoms with Gasteiger partial charge in [-0.15, -0.1) is 6.42 Å². The number of terminal acetylenes is 1. The van der Waals surface area contributed by atoms with E-state index in [-0.39, 0.29) is 24.1 Å². The number of anilines is 1. The van der Waals surface area contributed by atoms with Gasteiger partial charge in [-0.1, -0.05) is 5.92 Å². The Hall–Kier alpha value is -2.33. The molecular weight excluding hydrogens is 306 g/mol. The second kappa shape index (κ2) is 7.05. The summed E-state index contributed by atoms with van der Waals surface area (Å²) >= 11 is 0. The van der Waals surface area contributed by atoms with Crippen LogP contribution in [0, 0.1) is 12.3 Å². The lowest BCUT2D eigenvalue weighted by molar-refractivity contribution is -0.125. The highest BCUT2D eigenvalue weighted by Gasteiger charge is 2.29.